The quantitative estimate of drug-likeness (QED) is 0.782. The number of phenolic OH excluding ortho intramolecular Hbond substituents is 2. The van der Waals surface area contributed by atoms with E-state index in [0.717, 1.165) is 12.1 Å². The van der Waals surface area contributed by atoms with Crippen molar-refractivity contribution >= 4 is 11.8 Å². The zero-order chi connectivity index (χ0) is 19.7. The second-order valence-electron chi connectivity index (χ2n) is 6.05. The molecule has 3 rings (SSSR count). The summed E-state index contributed by atoms with van der Waals surface area (Å²) in [5.41, 5.74) is -0.495. The molecule has 0 bridgehead atoms. The molecule has 1 fully saturated rings. The summed E-state index contributed by atoms with van der Waals surface area (Å²) in [6.45, 7) is 0.361. The first kappa shape index (κ1) is 18.6. The van der Waals surface area contributed by atoms with Gasteiger partial charge in [0.2, 0.25) is 0 Å². The lowest BCUT2D eigenvalue weighted by atomic mass is 10.1. The third-order valence-electron chi connectivity index (χ3n) is 4.27. The molecule has 142 valence electrons. The summed E-state index contributed by atoms with van der Waals surface area (Å²) >= 11 is 0. The molecular formula is C18H15F3N2O4. The van der Waals surface area contributed by atoms with Gasteiger partial charge in [-0.2, -0.15) is 0 Å². The molecule has 1 aliphatic rings. The molecule has 2 aromatic rings. The summed E-state index contributed by atoms with van der Waals surface area (Å²) in [5.74, 6) is -6.41. The van der Waals surface area contributed by atoms with Crippen LogP contribution in [-0.2, 0) is 0 Å². The van der Waals surface area contributed by atoms with Crippen molar-refractivity contribution in [2.45, 2.75) is 0 Å². The molecule has 1 aliphatic heterocycles. The van der Waals surface area contributed by atoms with E-state index in [9.17, 15) is 33.0 Å². The maximum atomic E-state index is 13.8. The van der Waals surface area contributed by atoms with Crippen LogP contribution in [0.25, 0.3) is 0 Å². The van der Waals surface area contributed by atoms with Crippen molar-refractivity contribution in [3.63, 3.8) is 0 Å². The molecule has 2 amide bonds. The van der Waals surface area contributed by atoms with E-state index in [4.69, 9.17) is 0 Å². The summed E-state index contributed by atoms with van der Waals surface area (Å²) in [7, 11) is 0. The Kier molecular flexibility index (Phi) is 4.93. The molecule has 2 N–H and O–H groups in total. The molecule has 0 spiro atoms. The van der Waals surface area contributed by atoms with Crippen molar-refractivity contribution < 1.29 is 33.0 Å². The Morgan fingerprint density at radius 3 is 1.85 bits per heavy atom. The molecule has 9 heteroatoms. The Hall–Kier alpha value is -3.23. The maximum Gasteiger partial charge on any atom is 0.257 e. The van der Waals surface area contributed by atoms with Crippen LogP contribution in [-0.4, -0.2) is 58.0 Å². The normalized spacial score (nSPS) is 14.3. The van der Waals surface area contributed by atoms with E-state index in [2.05, 4.69) is 0 Å². The van der Waals surface area contributed by atoms with Crippen LogP contribution in [0.15, 0.2) is 30.3 Å². The summed E-state index contributed by atoms with van der Waals surface area (Å²) in [4.78, 5) is 27.4. The Morgan fingerprint density at radius 2 is 1.30 bits per heavy atom. The monoisotopic (exact) mass is 380 g/mol. The molecule has 6 nitrogen and oxygen atoms in total. The molecule has 27 heavy (non-hydrogen) atoms. The molecule has 0 unspecified atom stereocenters. The van der Waals surface area contributed by atoms with Crippen LogP contribution in [0.5, 0.6) is 11.5 Å². The molecule has 0 atom stereocenters. The van der Waals surface area contributed by atoms with E-state index in [-0.39, 0.29) is 43.2 Å². The molecule has 0 aliphatic carbocycles. The maximum absolute atomic E-state index is 13.8. The number of aromatic hydroxyl groups is 2. The number of halogens is 3. The number of nitrogens with zero attached hydrogens (tertiary/aromatic N) is 2. The van der Waals surface area contributed by atoms with Gasteiger partial charge in [-0.1, -0.05) is 0 Å². The van der Waals surface area contributed by atoms with Crippen LogP contribution < -0.4 is 0 Å². The predicted octanol–water partition coefficient (Wildman–Crippen LogP) is 2.11. The molecular weight excluding hydrogens is 365 g/mol. The van der Waals surface area contributed by atoms with Crippen LogP contribution >= 0.6 is 0 Å². The van der Waals surface area contributed by atoms with Crippen LogP contribution in [0.4, 0.5) is 13.2 Å². The Balaban J connectivity index is 1.69. The fourth-order valence-corrected chi connectivity index (χ4v) is 2.88. The van der Waals surface area contributed by atoms with E-state index in [1.165, 1.54) is 21.9 Å². The SMILES string of the molecule is O=C(c1cc(O)cc(O)c1)N1CCN(C(=O)c2ccc(F)c(F)c2F)CC1. The van der Waals surface area contributed by atoms with Gasteiger partial charge in [-0.05, 0) is 24.3 Å². The van der Waals surface area contributed by atoms with Crippen LogP contribution in [0.2, 0.25) is 0 Å². The lowest BCUT2D eigenvalue weighted by molar-refractivity contribution is 0.0532. The van der Waals surface area contributed by atoms with Gasteiger partial charge in [-0.25, -0.2) is 13.2 Å². The van der Waals surface area contributed by atoms with E-state index in [1.54, 1.807) is 0 Å². The smallest absolute Gasteiger partial charge is 0.257 e. The number of benzene rings is 2. The van der Waals surface area contributed by atoms with Crippen molar-refractivity contribution in [3.05, 3.63) is 58.9 Å². The number of carbonyl (C=O) groups is 2. The fourth-order valence-electron chi connectivity index (χ4n) is 2.88. The Labute approximate surface area is 152 Å². The number of phenols is 2. The second-order valence-corrected chi connectivity index (χ2v) is 6.05. The van der Waals surface area contributed by atoms with Gasteiger partial charge in [0.25, 0.3) is 11.8 Å². The topological polar surface area (TPSA) is 81.1 Å². The van der Waals surface area contributed by atoms with Gasteiger partial charge in [0.05, 0.1) is 5.56 Å². The van der Waals surface area contributed by atoms with Crippen molar-refractivity contribution in [2.75, 3.05) is 26.2 Å². The highest BCUT2D eigenvalue weighted by molar-refractivity contribution is 5.96. The highest BCUT2D eigenvalue weighted by Gasteiger charge is 2.28. The highest BCUT2D eigenvalue weighted by atomic mass is 19.2. The molecule has 0 radical (unpaired) electrons. The first-order chi connectivity index (χ1) is 12.8. The average molecular weight is 380 g/mol. The zero-order valence-corrected chi connectivity index (χ0v) is 14.0. The lowest BCUT2D eigenvalue weighted by Crippen LogP contribution is -2.50. The van der Waals surface area contributed by atoms with Crippen molar-refractivity contribution in [2.24, 2.45) is 0 Å². The minimum absolute atomic E-state index is 0.0633. The first-order valence-electron chi connectivity index (χ1n) is 8.03. The predicted molar refractivity (Wildman–Crippen MR) is 87.9 cm³/mol. The summed E-state index contributed by atoms with van der Waals surface area (Å²) in [5, 5.41) is 18.9. The third kappa shape index (κ3) is 3.67. The second kappa shape index (κ2) is 7.18. The first-order valence-corrected chi connectivity index (χ1v) is 8.03. The van der Waals surface area contributed by atoms with Gasteiger partial charge < -0.3 is 20.0 Å². The number of piperazine rings is 1. The highest BCUT2D eigenvalue weighted by Crippen LogP contribution is 2.22. The lowest BCUT2D eigenvalue weighted by Gasteiger charge is -2.35. The van der Waals surface area contributed by atoms with Gasteiger partial charge in [0.15, 0.2) is 17.5 Å². The van der Waals surface area contributed by atoms with Crippen molar-refractivity contribution in [1.29, 1.82) is 0 Å². The Morgan fingerprint density at radius 1 is 0.778 bits per heavy atom. The third-order valence-corrected chi connectivity index (χ3v) is 4.27. The minimum Gasteiger partial charge on any atom is -0.508 e. The standard InChI is InChI=1S/C18H15F3N2O4/c19-14-2-1-13(15(20)16(14)21)18(27)23-5-3-22(4-6-23)17(26)10-7-11(24)9-12(25)8-10/h1-2,7-9,24-25H,3-6H2. The number of amides is 2. The number of hydrogen-bond acceptors (Lipinski definition) is 4. The van der Waals surface area contributed by atoms with Crippen molar-refractivity contribution in [3.8, 4) is 11.5 Å². The minimum atomic E-state index is -1.71. The summed E-state index contributed by atoms with van der Waals surface area (Å²) < 4.78 is 40.1. The Bertz CT molecular complexity index is 891. The number of rotatable bonds is 2. The van der Waals surface area contributed by atoms with Crippen molar-refractivity contribution in [1.82, 2.24) is 9.80 Å². The van der Waals surface area contributed by atoms with Crippen LogP contribution in [0.1, 0.15) is 20.7 Å². The van der Waals surface area contributed by atoms with E-state index in [1.807, 2.05) is 0 Å². The van der Waals surface area contributed by atoms with Crippen LogP contribution in [0, 0.1) is 17.5 Å². The van der Waals surface area contributed by atoms with Gasteiger partial charge in [-0.15, -0.1) is 0 Å². The van der Waals surface area contributed by atoms with E-state index >= 15 is 0 Å². The molecule has 1 saturated heterocycles. The number of hydrogen-bond donors (Lipinski definition) is 2. The molecule has 1 heterocycles. The number of carbonyl (C=O) groups excluding carboxylic acids is 2. The molecule has 0 aromatic heterocycles. The van der Waals surface area contributed by atoms with Gasteiger partial charge in [0.1, 0.15) is 11.5 Å². The average Bonchev–Trinajstić information content (AvgIpc) is 2.64. The van der Waals surface area contributed by atoms with E-state index in [0.29, 0.717) is 6.07 Å². The van der Waals surface area contributed by atoms with Gasteiger partial charge in [-0.3, -0.25) is 9.59 Å². The molecule has 2 aromatic carbocycles. The van der Waals surface area contributed by atoms with Gasteiger partial charge in [0, 0.05) is 37.8 Å². The zero-order valence-electron chi connectivity index (χ0n) is 14.0. The fraction of sp³-hybridized carbons (Fsp3) is 0.222. The largest absolute Gasteiger partial charge is 0.508 e. The summed E-state index contributed by atoms with van der Waals surface area (Å²) in [6.07, 6.45) is 0. The summed E-state index contributed by atoms with van der Waals surface area (Å²) in [6, 6.07) is 5.05. The van der Waals surface area contributed by atoms with Crippen LogP contribution in [0.3, 0.4) is 0 Å². The van der Waals surface area contributed by atoms with E-state index < -0.39 is 34.8 Å². The van der Waals surface area contributed by atoms with Gasteiger partial charge >= 0.3 is 0 Å². The molecule has 0 saturated carbocycles.